The minimum Gasteiger partial charge on any atom is -0.370 e. The van der Waals surface area contributed by atoms with Gasteiger partial charge in [-0.3, -0.25) is 4.98 Å². The maximum atomic E-state index is 9.42. The van der Waals surface area contributed by atoms with E-state index >= 15 is 0 Å². The van der Waals surface area contributed by atoms with E-state index in [2.05, 4.69) is 26.2 Å². The van der Waals surface area contributed by atoms with Gasteiger partial charge in [0.25, 0.3) is 0 Å². The van der Waals surface area contributed by atoms with Crippen molar-refractivity contribution in [1.82, 2.24) is 19.7 Å². The fourth-order valence-corrected chi connectivity index (χ4v) is 3.24. The number of nitrogens with zero attached hydrogens (tertiary/aromatic N) is 6. The summed E-state index contributed by atoms with van der Waals surface area (Å²) < 4.78 is 2.00. The van der Waals surface area contributed by atoms with Crippen molar-refractivity contribution < 1.29 is 0 Å². The number of piperidine rings is 1. The van der Waals surface area contributed by atoms with Crippen LogP contribution < -0.4 is 4.90 Å². The van der Waals surface area contributed by atoms with Crippen LogP contribution in [-0.2, 0) is 7.05 Å². The molecule has 3 rings (SSSR count). The first-order valence-corrected chi connectivity index (χ1v) is 7.57. The summed E-state index contributed by atoms with van der Waals surface area (Å²) in [5.74, 6) is 1.50. The van der Waals surface area contributed by atoms with Gasteiger partial charge in [0.1, 0.15) is 18.2 Å². The highest BCUT2D eigenvalue weighted by molar-refractivity contribution is 5.61. The molecule has 0 aromatic carbocycles. The number of aryl methyl sites for hydroxylation is 3. The molecular weight excluding hydrogens is 276 g/mol. The van der Waals surface area contributed by atoms with Crippen LogP contribution >= 0.6 is 0 Å². The predicted octanol–water partition coefficient (Wildman–Crippen LogP) is 2.08. The predicted molar refractivity (Wildman–Crippen MR) is 83.6 cm³/mol. The van der Waals surface area contributed by atoms with Gasteiger partial charge in [-0.25, -0.2) is 0 Å². The summed E-state index contributed by atoms with van der Waals surface area (Å²) in [7, 11) is 1.99. The van der Waals surface area contributed by atoms with Gasteiger partial charge in [-0.1, -0.05) is 0 Å². The van der Waals surface area contributed by atoms with Gasteiger partial charge in [0.2, 0.25) is 0 Å². The molecule has 0 spiro atoms. The van der Waals surface area contributed by atoms with Crippen molar-refractivity contribution in [2.24, 2.45) is 7.05 Å². The van der Waals surface area contributed by atoms with Crippen LogP contribution in [0.3, 0.4) is 0 Å². The molecule has 0 amide bonds. The Hall–Kier alpha value is -2.42. The fourth-order valence-electron chi connectivity index (χ4n) is 3.24. The summed E-state index contributed by atoms with van der Waals surface area (Å²) in [5.41, 5.74) is 3.49. The van der Waals surface area contributed by atoms with Gasteiger partial charge in [0, 0.05) is 31.7 Å². The van der Waals surface area contributed by atoms with Crippen LogP contribution in [0, 0.1) is 25.2 Å². The molecule has 2 aromatic heterocycles. The highest BCUT2D eigenvalue weighted by Gasteiger charge is 2.25. The first-order chi connectivity index (χ1) is 10.6. The Bertz CT molecular complexity index is 719. The van der Waals surface area contributed by atoms with E-state index in [1.807, 2.05) is 31.5 Å². The molecule has 0 unspecified atom stereocenters. The van der Waals surface area contributed by atoms with E-state index in [0.717, 1.165) is 48.8 Å². The largest absolute Gasteiger partial charge is 0.370 e. The zero-order valence-electron chi connectivity index (χ0n) is 13.2. The van der Waals surface area contributed by atoms with Crippen LogP contribution in [0.2, 0.25) is 0 Å². The van der Waals surface area contributed by atoms with Gasteiger partial charge in [-0.2, -0.15) is 5.26 Å². The van der Waals surface area contributed by atoms with E-state index < -0.39 is 0 Å². The van der Waals surface area contributed by atoms with Gasteiger partial charge in [0.05, 0.1) is 16.9 Å². The molecular formula is C16H20N6. The Balaban J connectivity index is 1.80. The van der Waals surface area contributed by atoms with Crippen LogP contribution in [-0.4, -0.2) is 32.8 Å². The van der Waals surface area contributed by atoms with Crippen molar-refractivity contribution in [3.05, 3.63) is 35.2 Å². The quantitative estimate of drug-likeness (QED) is 0.848. The molecule has 6 heteroatoms. The summed E-state index contributed by atoms with van der Waals surface area (Å²) >= 11 is 0. The van der Waals surface area contributed by atoms with Gasteiger partial charge >= 0.3 is 0 Å². The lowest BCUT2D eigenvalue weighted by atomic mass is 9.95. The zero-order valence-corrected chi connectivity index (χ0v) is 13.2. The fraction of sp³-hybridized carbons (Fsp3) is 0.500. The molecule has 114 valence electrons. The van der Waals surface area contributed by atoms with Crippen LogP contribution in [0.25, 0.3) is 0 Å². The molecule has 0 atom stereocenters. The normalized spacial score (nSPS) is 15.8. The van der Waals surface area contributed by atoms with Gasteiger partial charge in [0.15, 0.2) is 0 Å². The Morgan fingerprint density at radius 2 is 2.00 bits per heavy atom. The van der Waals surface area contributed by atoms with Crippen LogP contribution in [0.1, 0.15) is 41.5 Å². The molecule has 0 bridgehead atoms. The average molecular weight is 296 g/mol. The molecule has 22 heavy (non-hydrogen) atoms. The summed E-state index contributed by atoms with van der Waals surface area (Å²) in [6.07, 6.45) is 3.81. The van der Waals surface area contributed by atoms with E-state index in [1.165, 1.54) is 0 Å². The van der Waals surface area contributed by atoms with Crippen LogP contribution in [0.5, 0.6) is 0 Å². The Kier molecular flexibility index (Phi) is 3.80. The number of aromatic nitrogens is 4. The van der Waals surface area contributed by atoms with Crippen LogP contribution in [0.15, 0.2) is 12.4 Å². The van der Waals surface area contributed by atoms with Crippen LogP contribution in [0.4, 0.5) is 5.69 Å². The number of anilines is 1. The molecule has 0 aliphatic carbocycles. The Morgan fingerprint density at radius 1 is 1.27 bits per heavy atom. The molecule has 3 heterocycles. The van der Waals surface area contributed by atoms with Crippen molar-refractivity contribution in [2.75, 3.05) is 18.0 Å². The minimum absolute atomic E-state index is 0.443. The number of nitriles is 1. The number of rotatable bonds is 2. The first-order valence-electron chi connectivity index (χ1n) is 7.57. The summed E-state index contributed by atoms with van der Waals surface area (Å²) in [5, 5.41) is 17.6. The van der Waals surface area contributed by atoms with E-state index in [4.69, 9.17) is 0 Å². The van der Waals surface area contributed by atoms with Gasteiger partial charge in [-0.05, 0) is 32.8 Å². The van der Waals surface area contributed by atoms with E-state index in [1.54, 1.807) is 6.33 Å². The summed E-state index contributed by atoms with van der Waals surface area (Å²) in [6.45, 7) is 5.73. The van der Waals surface area contributed by atoms with Gasteiger partial charge in [-0.15, -0.1) is 10.2 Å². The smallest absolute Gasteiger partial charge is 0.135 e. The van der Waals surface area contributed by atoms with Crippen molar-refractivity contribution in [3.63, 3.8) is 0 Å². The molecule has 1 aliphatic rings. The second-order valence-electron chi connectivity index (χ2n) is 5.92. The standard InChI is InChI=1S/C16H20N6/c1-11-8-15(14(9-17)12(2)19-11)22-6-4-13(5-7-22)16-20-18-10-21(16)3/h8,10,13H,4-7H2,1-3H3. The minimum atomic E-state index is 0.443. The number of hydrogen-bond donors (Lipinski definition) is 0. The summed E-state index contributed by atoms with van der Waals surface area (Å²) in [4.78, 5) is 6.70. The maximum absolute atomic E-state index is 9.42. The monoisotopic (exact) mass is 296 g/mol. The lowest BCUT2D eigenvalue weighted by molar-refractivity contribution is 0.474. The lowest BCUT2D eigenvalue weighted by Gasteiger charge is -2.34. The third kappa shape index (κ3) is 2.54. The van der Waals surface area contributed by atoms with Crippen molar-refractivity contribution >= 4 is 5.69 Å². The third-order valence-corrected chi connectivity index (χ3v) is 4.37. The SMILES string of the molecule is Cc1cc(N2CCC(c3nncn3C)CC2)c(C#N)c(C)n1. The molecule has 0 N–H and O–H groups in total. The highest BCUT2D eigenvalue weighted by Crippen LogP contribution is 2.31. The molecule has 0 radical (unpaired) electrons. The van der Waals surface area contributed by atoms with Crippen molar-refractivity contribution in [2.45, 2.75) is 32.6 Å². The highest BCUT2D eigenvalue weighted by atomic mass is 15.3. The maximum Gasteiger partial charge on any atom is 0.135 e. The van der Waals surface area contributed by atoms with E-state index in [0.29, 0.717) is 11.5 Å². The van der Waals surface area contributed by atoms with E-state index in [9.17, 15) is 5.26 Å². The second-order valence-corrected chi connectivity index (χ2v) is 5.92. The Labute approximate surface area is 130 Å². The first kappa shape index (κ1) is 14.5. The van der Waals surface area contributed by atoms with Crippen molar-refractivity contribution in [1.29, 1.82) is 5.26 Å². The number of pyridine rings is 1. The topological polar surface area (TPSA) is 70.6 Å². The summed E-state index contributed by atoms with van der Waals surface area (Å²) in [6, 6.07) is 4.33. The molecule has 2 aromatic rings. The van der Waals surface area contributed by atoms with E-state index in [-0.39, 0.29) is 0 Å². The molecule has 1 fully saturated rings. The Morgan fingerprint density at radius 3 is 2.59 bits per heavy atom. The average Bonchev–Trinajstić information content (AvgIpc) is 2.93. The third-order valence-electron chi connectivity index (χ3n) is 4.37. The zero-order chi connectivity index (χ0) is 15.7. The molecule has 6 nitrogen and oxygen atoms in total. The lowest BCUT2D eigenvalue weighted by Crippen LogP contribution is -2.34. The molecule has 1 aliphatic heterocycles. The second kappa shape index (κ2) is 5.76. The number of hydrogen-bond acceptors (Lipinski definition) is 5. The van der Waals surface area contributed by atoms with Gasteiger partial charge < -0.3 is 9.47 Å². The molecule has 0 saturated carbocycles. The van der Waals surface area contributed by atoms with Crippen molar-refractivity contribution in [3.8, 4) is 6.07 Å². The molecule has 1 saturated heterocycles.